The van der Waals surface area contributed by atoms with Gasteiger partial charge >= 0.3 is 0 Å². The molecule has 0 aliphatic rings. The maximum absolute atomic E-state index is 12.3. The third-order valence-electron chi connectivity index (χ3n) is 3.31. The molecule has 3 rings (SSSR count). The normalized spacial score (nSPS) is 10.8. The molecule has 0 fully saturated rings. The second kappa shape index (κ2) is 5.47. The van der Waals surface area contributed by atoms with Crippen LogP contribution in [0.3, 0.4) is 0 Å². The van der Waals surface area contributed by atoms with E-state index >= 15 is 0 Å². The van der Waals surface area contributed by atoms with E-state index in [1.165, 1.54) is 15.9 Å². The first-order valence-electron chi connectivity index (χ1n) is 6.35. The highest BCUT2D eigenvalue weighted by atomic mass is 35.5. The molecule has 2 heterocycles. The van der Waals surface area contributed by atoms with E-state index in [0.29, 0.717) is 20.9 Å². The molecule has 3 aromatic rings. The molecule has 0 aliphatic carbocycles. The van der Waals surface area contributed by atoms with Crippen LogP contribution < -0.4 is 10.9 Å². The number of rotatable bonds is 2. The van der Waals surface area contributed by atoms with Crippen molar-refractivity contribution in [2.24, 2.45) is 7.05 Å². The second-order valence-electron chi connectivity index (χ2n) is 4.68. The molecule has 5 nitrogen and oxygen atoms in total. The number of aromatic hydroxyl groups is 1. The number of aromatic nitrogens is 1. The van der Waals surface area contributed by atoms with E-state index < -0.39 is 11.5 Å². The molecule has 0 spiro atoms. The summed E-state index contributed by atoms with van der Waals surface area (Å²) < 4.78 is 1.85. The first-order valence-corrected chi connectivity index (χ1v) is 7.61. The molecule has 0 aliphatic heterocycles. The molecule has 1 aromatic carbocycles. The number of thiophene rings is 1. The van der Waals surface area contributed by atoms with E-state index in [-0.39, 0.29) is 11.3 Å². The average Bonchev–Trinajstić information content (AvgIpc) is 2.97. The molecule has 0 bridgehead atoms. The van der Waals surface area contributed by atoms with Gasteiger partial charge in [-0.15, -0.1) is 11.3 Å². The minimum absolute atomic E-state index is 0.271. The van der Waals surface area contributed by atoms with Crippen LogP contribution in [-0.2, 0) is 7.05 Å². The number of hydrogen-bond donors (Lipinski definition) is 2. The Kier molecular flexibility index (Phi) is 3.64. The number of hydrogen-bond acceptors (Lipinski definition) is 4. The number of nitrogens with zero attached hydrogens (tertiary/aromatic N) is 1. The molecule has 7 heteroatoms. The lowest BCUT2D eigenvalue weighted by atomic mass is 10.2. The van der Waals surface area contributed by atoms with Gasteiger partial charge in [0.2, 0.25) is 0 Å². The summed E-state index contributed by atoms with van der Waals surface area (Å²) in [4.78, 5) is 24.7. The van der Waals surface area contributed by atoms with Crippen molar-refractivity contribution in [3.05, 3.63) is 56.7 Å². The van der Waals surface area contributed by atoms with Crippen molar-refractivity contribution in [2.45, 2.75) is 0 Å². The Balaban J connectivity index is 2.07. The van der Waals surface area contributed by atoms with Gasteiger partial charge in [-0.05, 0) is 35.7 Å². The predicted octanol–water partition coefficient (Wildman–Crippen LogP) is 3.21. The summed E-state index contributed by atoms with van der Waals surface area (Å²) in [6.45, 7) is 0. The van der Waals surface area contributed by atoms with Crippen molar-refractivity contribution in [3.63, 3.8) is 0 Å². The van der Waals surface area contributed by atoms with Crippen LogP contribution in [0.25, 0.3) is 10.2 Å². The molecule has 0 saturated heterocycles. The summed E-state index contributed by atoms with van der Waals surface area (Å²) in [5, 5.41) is 15.1. The summed E-state index contributed by atoms with van der Waals surface area (Å²) in [6, 6.07) is 8.20. The van der Waals surface area contributed by atoms with Crippen LogP contribution >= 0.6 is 22.9 Å². The van der Waals surface area contributed by atoms with E-state index in [1.807, 2.05) is 0 Å². The Labute approximate surface area is 134 Å². The van der Waals surface area contributed by atoms with E-state index in [0.717, 1.165) is 0 Å². The maximum atomic E-state index is 12.3. The van der Waals surface area contributed by atoms with Crippen molar-refractivity contribution < 1.29 is 9.90 Å². The third-order valence-corrected chi connectivity index (χ3v) is 4.47. The van der Waals surface area contributed by atoms with E-state index in [4.69, 9.17) is 11.6 Å². The Hall–Kier alpha value is -2.31. The molecular formula is C15H11ClN2O3S. The zero-order chi connectivity index (χ0) is 15.9. The first kappa shape index (κ1) is 14.6. The molecule has 0 saturated carbocycles. The number of carbonyl (C=O) groups excluding carboxylic acids is 1. The van der Waals surface area contributed by atoms with Crippen LogP contribution in [0.15, 0.2) is 40.5 Å². The Morgan fingerprint density at radius 1 is 1.27 bits per heavy atom. The quantitative estimate of drug-likeness (QED) is 0.756. The molecule has 1 amide bonds. The van der Waals surface area contributed by atoms with E-state index in [2.05, 4.69) is 5.32 Å². The summed E-state index contributed by atoms with van der Waals surface area (Å²) in [7, 11) is 1.57. The second-order valence-corrected chi connectivity index (χ2v) is 6.04. The first-order chi connectivity index (χ1) is 10.5. The Bertz CT molecular complexity index is 928. The van der Waals surface area contributed by atoms with Gasteiger partial charge in [-0.2, -0.15) is 0 Å². The topological polar surface area (TPSA) is 71.3 Å². The molecule has 2 N–H and O–H groups in total. The van der Waals surface area contributed by atoms with Crippen molar-refractivity contribution in [2.75, 3.05) is 5.32 Å². The molecule has 0 atom stereocenters. The summed E-state index contributed by atoms with van der Waals surface area (Å²) in [5.41, 5.74) is 0.264. The summed E-state index contributed by atoms with van der Waals surface area (Å²) in [6.07, 6.45) is 0. The van der Waals surface area contributed by atoms with Gasteiger partial charge in [0.25, 0.3) is 11.5 Å². The average molecular weight is 335 g/mol. The molecule has 0 unspecified atom stereocenters. The summed E-state index contributed by atoms with van der Waals surface area (Å²) in [5.74, 6) is -0.949. The standard InChI is InChI=1S/C15H11ClN2O3S/c1-18-10-6-7-22-13(10)12(19)11(15(18)21)14(20)17-9-4-2-8(16)3-5-9/h2-7,19H,1H3,(H,17,20). The number of carbonyl (C=O) groups is 1. The lowest BCUT2D eigenvalue weighted by Crippen LogP contribution is -2.27. The van der Waals surface area contributed by atoms with Gasteiger partial charge < -0.3 is 15.0 Å². The molecular weight excluding hydrogens is 324 g/mol. The van der Waals surface area contributed by atoms with Gasteiger partial charge in [-0.1, -0.05) is 11.6 Å². The van der Waals surface area contributed by atoms with Crippen LogP contribution in [0, 0.1) is 0 Å². The Morgan fingerprint density at radius 2 is 1.95 bits per heavy atom. The van der Waals surface area contributed by atoms with Crippen LogP contribution in [0.1, 0.15) is 10.4 Å². The fourth-order valence-electron chi connectivity index (χ4n) is 2.17. The smallest absolute Gasteiger partial charge is 0.267 e. The maximum Gasteiger partial charge on any atom is 0.267 e. The van der Waals surface area contributed by atoms with Crippen molar-refractivity contribution in [3.8, 4) is 5.75 Å². The number of fused-ring (bicyclic) bond motifs is 1. The monoisotopic (exact) mass is 334 g/mol. The van der Waals surface area contributed by atoms with Crippen LogP contribution in [0.2, 0.25) is 5.02 Å². The molecule has 2 aromatic heterocycles. The number of benzene rings is 1. The number of aryl methyl sites for hydroxylation is 1. The summed E-state index contributed by atoms with van der Waals surface area (Å²) >= 11 is 7.05. The van der Waals surface area contributed by atoms with E-state index in [1.54, 1.807) is 42.8 Å². The number of nitrogens with one attached hydrogen (secondary N) is 1. The van der Waals surface area contributed by atoms with Crippen molar-refractivity contribution in [1.82, 2.24) is 4.57 Å². The minimum Gasteiger partial charge on any atom is -0.505 e. The van der Waals surface area contributed by atoms with Gasteiger partial charge in [-0.3, -0.25) is 9.59 Å². The highest BCUT2D eigenvalue weighted by Crippen LogP contribution is 2.31. The fraction of sp³-hybridized carbons (Fsp3) is 0.0667. The zero-order valence-electron chi connectivity index (χ0n) is 11.5. The molecule has 22 heavy (non-hydrogen) atoms. The van der Waals surface area contributed by atoms with Gasteiger partial charge in [0.1, 0.15) is 5.56 Å². The number of anilines is 1. The van der Waals surface area contributed by atoms with Crippen LogP contribution in [-0.4, -0.2) is 15.6 Å². The van der Waals surface area contributed by atoms with Crippen molar-refractivity contribution >= 4 is 44.7 Å². The predicted molar refractivity (Wildman–Crippen MR) is 88.1 cm³/mol. The van der Waals surface area contributed by atoms with Crippen LogP contribution in [0.4, 0.5) is 5.69 Å². The molecule has 112 valence electrons. The number of halogens is 1. The van der Waals surface area contributed by atoms with E-state index in [9.17, 15) is 14.7 Å². The minimum atomic E-state index is -0.657. The highest BCUT2D eigenvalue weighted by Gasteiger charge is 2.21. The number of amides is 1. The van der Waals surface area contributed by atoms with Gasteiger partial charge in [0, 0.05) is 17.8 Å². The SMILES string of the molecule is Cn1c(=O)c(C(=O)Nc2ccc(Cl)cc2)c(O)c2sccc21. The third kappa shape index (κ3) is 2.36. The zero-order valence-corrected chi connectivity index (χ0v) is 13.0. The number of pyridine rings is 1. The van der Waals surface area contributed by atoms with Gasteiger partial charge in [0.15, 0.2) is 5.75 Å². The van der Waals surface area contributed by atoms with Gasteiger partial charge in [0.05, 0.1) is 10.2 Å². The lowest BCUT2D eigenvalue weighted by molar-refractivity contribution is 0.102. The fourth-order valence-corrected chi connectivity index (χ4v) is 3.17. The largest absolute Gasteiger partial charge is 0.505 e. The van der Waals surface area contributed by atoms with Crippen molar-refractivity contribution in [1.29, 1.82) is 0 Å². The van der Waals surface area contributed by atoms with Gasteiger partial charge in [-0.25, -0.2) is 0 Å². The highest BCUT2D eigenvalue weighted by molar-refractivity contribution is 7.17. The Morgan fingerprint density at radius 3 is 2.64 bits per heavy atom. The molecule has 0 radical (unpaired) electrons. The van der Waals surface area contributed by atoms with Crippen LogP contribution in [0.5, 0.6) is 5.75 Å². The lowest BCUT2D eigenvalue weighted by Gasteiger charge is -2.09.